The van der Waals surface area contributed by atoms with Gasteiger partial charge >= 0.3 is 0 Å². The summed E-state index contributed by atoms with van der Waals surface area (Å²) in [5.74, 6) is -0.199. The fraction of sp³-hybridized carbons (Fsp3) is 0.316. The maximum Gasteiger partial charge on any atom is 0.292 e. The molecule has 0 heterocycles. The summed E-state index contributed by atoms with van der Waals surface area (Å²) in [6.45, 7) is 2.77. The van der Waals surface area contributed by atoms with Gasteiger partial charge in [-0.25, -0.2) is 0 Å². The summed E-state index contributed by atoms with van der Waals surface area (Å²) in [7, 11) is 0. The van der Waals surface area contributed by atoms with Gasteiger partial charge in [0.15, 0.2) is 0 Å². The Morgan fingerprint density at radius 2 is 1.89 bits per heavy atom. The molecule has 0 saturated carbocycles. The maximum atomic E-state index is 12.0. The minimum Gasteiger partial charge on any atom is -0.379 e. The van der Waals surface area contributed by atoms with E-state index in [4.69, 9.17) is 5.73 Å². The predicted molar refractivity (Wildman–Crippen MR) is 109 cm³/mol. The number of rotatable bonds is 9. The van der Waals surface area contributed by atoms with Crippen molar-refractivity contribution in [2.75, 3.05) is 18.4 Å². The normalized spacial score (nSPS) is 11.2. The number of hydrogen-bond donors (Lipinski definition) is 3. The maximum absolute atomic E-state index is 12.0. The van der Waals surface area contributed by atoms with Gasteiger partial charge in [0.1, 0.15) is 5.69 Å². The van der Waals surface area contributed by atoms with Crippen molar-refractivity contribution in [2.45, 2.75) is 25.8 Å². The van der Waals surface area contributed by atoms with Gasteiger partial charge in [-0.05, 0) is 37.0 Å². The molecule has 1 amide bonds. The molecule has 0 aromatic heterocycles. The molecular weight excluding hydrogens is 368 g/mol. The van der Waals surface area contributed by atoms with Gasteiger partial charge in [0.05, 0.1) is 11.0 Å². The highest BCUT2D eigenvalue weighted by Gasteiger charge is 2.14. The number of nitro benzene ring substituents is 1. The monoisotopic (exact) mass is 392 g/mol. The second kappa shape index (κ2) is 11.2. The quantitative estimate of drug-likeness (QED) is 0.345. The van der Waals surface area contributed by atoms with Gasteiger partial charge in [-0.3, -0.25) is 14.9 Å². The van der Waals surface area contributed by atoms with Crippen LogP contribution in [0.3, 0.4) is 0 Å². The van der Waals surface area contributed by atoms with Crippen molar-refractivity contribution in [3.05, 3.63) is 69.8 Å². The SMILES string of the molecule is Cc1ccc(NCCCNC(=O)[C@@H](N)Cc2ccccc2)c([N+](=O)[O-])c1.Cl. The molecule has 2 aromatic rings. The van der Waals surface area contributed by atoms with Crippen LogP contribution in [0.15, 0.2) is 48.5 Å². The van der Waals surface area contributed by atoms with Crippen molar-refractivity contribution in [3.8, 4) is 0 Å². The Labute approximate surface area is 164 Å². The first-order valence-electron chi connectivity index (χ1n) is 8.53. The van der Waals surface area contributed by atoms with Crippen molar-refractivity contribution in [1.29, 1.82) is 0 Å². The van der Waals surface area contributed by atoms with Crippen LogP contribution in [0.5, 0.6) is 0 Å². The Balaban J connectivity index is 0.00000364. The third-order valence-electron chi connectivity index (χ3n) is 3.95. The third kappa shape index (κ3) is 7.24. The first kappa shape index (κ1) is 22.4. The van der Waals surface area contributed by atoms with Gasteiger partial charge < -0.3 is 16.4 Å². The summed E-state index contributed by atoms with van der Waals surface area (Å²) in [5.41, 5.74) is 8.31. The number of hydrogen-bond acceptors (Lipinski definition) is 5. The molecule has 0 aliphatic heterocycles. The van der Waals surface area contributed by atoms with E-state index in [9.17, 15) is 14.9 Å². The van der Waals surface area contributed by atoms with Crippen molar-refractivity contribution in [1.82, 2.24) is 5.32 Å². The molecule has 2 aromatic carbocycles. The first-order valence-corrected chi connectivity index (χ1v) is 8.53. The Bertz CT molecular complexity index is 756. The van der Waals surface area contributed by atoms with E-state index in [1.165, 1.54) is 6.07 Å². The standard InChI is InChI=1S/C19H24N4O3.ClH/c1-14-8-9-17(18(12-14)23(25)26)21-10-5-11-22-19(24)16(20)13-15-6-3-2-4-7-15;/h2-4,6-9,12,16,21H,5,10-11,13,20H2,1H3,(H,22,24);1H/t16-;/m0./s1. The molecule has 8 heteroatoms. The van der Waals surface area contributed by atoms with Crippen LogP contribution in [0, 0.1) is 17.0 Å². The van der Waals surface area contributed by atoms with Crippen LogP contribution in [-0.2, 0) is 11.2 Å². The summed E-state index contributed by atoms with van der Waals surface area (Å²) in [6, 6.07) is 14.1. The number of nitrogens with one attached hydrogen (secondary N) is 2. The summed E-state index contributed by atoms with van der Waals surface area (Å²) >= 11 is 0. The molecule has 2 rings (SSSR count). The minimum atomic E-state index is -0.594. The zero-order valence-corrected chi connectivity index (χ0v) is 16.0. The van der Waals surface area contributed by atoms with Crippen LogP contribution in [0.25, 0.3) is 0 Å². The van der Waals surface area contributed by atoms with Crippen molar-refractivity contribution >= 4 is 29.7 Å². The number of nitro groups is 1. The largest absolute Gasteiger partial charge is 0.379 e. The zero-order chi connectivity index (χ0) is 18.9. The van der Waals surface area contributed by atoms with Crippen molar-refractivity contribution < 1.29 is 9.72 Å². The van der Waals surface area contributed by atoms with Crippen LogP contribution in [0.1, 0.15) is 17.5 Å². The highest BCUT2D eigenvalue weighted by Crippen LogP contribution is 2.25. The number of aryl methyl sites for hydroxylation is 1. The zero-order valence-electron chi connectivity index (χ0n) is 15.2. The molecule has 0 fully saturated rings. The van der Waals surface area contributed by atoms with E-state index >= 15 is 0 Å². The van der Waals surface area contributed by atoms with Crippen molar-refractivity contribution in [3.63, 3.8) is 0 Å². The molecule has 7 nitrogen and oxygen atoms in total. The molecule has 0 unspecified atom stereocenters. The van der Waals surface area contributed by atoms with Gasteiger partial charge in [0.2, 0.25) is 5.91 Å². The van der Waals surface area contributed by atoms with Gasteiger partial charge in [-0.1, -0.05) is 36.4 Å². The fourth-order valence-electron chi connectivity index (χ4n) is 2.56. The lowest BCUT2D eigenvalue weighted by Crippen LogP contribution is -2.42. The first-order chi connectivity index (χ1) is 12.5. The minimum absolute atomic E-state index is 0. The molecule has 0 aliphatic carbocycles. The summed E-state index contributed by atoms with van der Waals surface area (Å²) in [4.78, 5) is 22.7. The fourth-order valence-corrected chi connectivity index (χ4v) is 2.56. The highest BCUT2D eigenvalue weighted by molar-refractivity contribution is 5.85. The Morgan fingerprint density at radius 1 is 1.19 bits per heavy atom. The summed E-state index contributed by atoms with van der Waals surface area (Å²) < 4.78 is 0. The molecule has 1 atom stereocenters. The third-order valence-corrected chi connectivity index (χ3v) is 3.95. The second-order valence-electron chi connectivity index (χ2n) is 6.15. The van der Waals surface area contributed by atoms with Crippen LogP contribution >= 0.6 is 12.4 Å². The molecule has 146 valence electrons. The average Bonchev–Trinajstić information content (AvgIpc) is 2.63. The van der Waals surface area contributed by atoms with E-state index in [0.29, 0.717) is 31.6 Å². The summed E-state index contributed by atoms with van der Waals surface area (Å²) in [5, 5.41) is 16.9. The van der Waals surface area contributed by atoms with Gasteiger partial charge in [0.25, 0.3) is 5.69 Å². The average molecular weight is 393 g/mol. The van der Waals surface area contributed by atoms with Crippen LogP contribution in [-0.4, -0.2) is 30.0 Å². The highest BCUT2D eigenvalue weighted by atomic mass is 35.5. The number of nitrogens with zero attached hydrogens (tertiary/aromatic N) is 1. The van der Waals surface area contributed by atoms with E-state index in [1.54, 1.807) is 6.07 Å². The number of halogens is 1. The molecule has 0 aliphatic rings. The Hall–Kier alpha value is -2.64. The van der Waals surface area contributed by atoms with Crippen LogP contribution in [0.2, 0.25) is 0 Å². The predicted octanol–water partition coefficient (Wildman–Crippen LogP) is 2.81. The van der Waals surface area contributed by atoms with Gasteiger partial charge in [0, 0.05) is 19.2 Å². The number of nitrogens with two attached hydrogens (primary N) is 1. The van der Waals surface area contributed by atoms with Gasteiger partial charge in [-0.2, -0.15) is 0 Å². The van der Waals surface area contributed by atoms with Crippen LogP contribution < -0.4 is 16.4 Å². The summed E-state index contributed by atoms with van der Waals surface area (Å²) in [6.07, 6.45) is 1.12. The smallest absolute Gasteiger partial charge is 0.292 e. The number of anilines is 1. The molecule has 0 radical (unpaired) electrons. The molecule has 0 saturated heterocycles. The van der Waals surface area contributed by atoms with E-state index in [1.807, 2.05) is 43.3 Å². The Kier molecular flexibility index (Phi) is 9.25. The molecule has 4 N–H and O–H groups in total. The molecule has 0 spiro atoms. The van der Waals surface area contributed by atoms with Crippen LogP contribution in [0.4, 0.5) is 11.4 Å². The lowest BCUT2D eigenvalue weighted by atomic mass is 10.1. The topological polar surface area (TPSA) is 110 Å². The van der Waals surface area contributed by atoms with E-state index in [0.717, 1.165) is 11.1 Å². The van der Waals surface area contributed by atoms with Crippen molar-refractivity contribution in [2.24, 2.45) is 5.73 Å². The Morgan fingerprint density at radius 3 is 2.56 bits per heavy atom. The van der Waals surface area contributed by atoms with Gasteiger partial charge in [-0.15, -0.1) is 12.4 Å². The lowest BCUT2D eigenvalue weighted by molar-refractivity contribution is -0.384. The molecule has 27 heavy (non-hydrogen) atoms. The van der Waals surface area contributed by atoms with E-state index in [-0.39, 0.29) is 24.0 Å². The second-order valence-corrected chi connectivity index (χ2v) is 6.15. The number of carbonyl (C=O) groups excluding carboxylic acids is 1. The number of benzene rings is 2. The molecule has 0 bridgehead atoms. The number of amides is 1. The number of carbonyl (C=O) groups is 1. The van der Waals surface area contributed by atoms with E-state index < -0.39 is 11.0 Å². The van der Waals surface area contributed by atoms with E-state index in [2.05, 4.69) is 10.6 Å². The lowest BCUT2D eigenvalue weighted by Gasteiger charge is -2.13. The molecular formula is C19H25ClN4O3.